The summed E-state index contributed by atoms with van der Waals surface area (Å²) in [5, 5.41) is 14.3. The van der Waals surface area contributed by atoms with Gasteiger partial charge in [0.1, 0.15) is 5.75 Å². The van der Waals surface area contributed by atoms with Crippen molar-refractivity contribution in [3.8, 4) is 5.75 Å². The van der Waals surface area contributed by atoms with Crippen LogP contribution in [0.4, 0.5) is 4.79 Å². The van der Waals surface area contributed by atoms with Crippen molar-refractivity contribution in [2.24, 2.45) is 17.8 Å². The molecule has 26 heavy (non-hydrogen) atoms. The third kappa shape index (κ3) is 4.33. The van der Waals surface area contributed by atoms with Crippen LogP contribution in [0.3, 0.4) is 0 Å². The molecule has 1 aromatic rings. The van der Waals surface area contributed by atoms with E-state index in [1.54, 1.807) is 0 Å². The van der Waals surface area contributed by atoms with E-state index in [1.165, 1.54) is 43.5 Å². The molecule has 7 nitrogen and oxygen atoms in total. The van der Waals surface area contributed by atoms with Crippen LogP contribution in [-0.2, 0) is 9.53 Å². The predicted molar refractivity (Wildman–Crippen MR) is 93.5 cm³/mol. The predicted octanol–water partition coefficient (Wildman–Crippen LogP) is 2.20. The number of nitrogens with one attached hydrogen (secondary N) is 2. The van der Waals surface area contributed by atoms with Gasteiger partial charge in [-0.3, -0.25) is 10.1 Å². The molecule has 0 aromatic heterocycles. The molecule has 1 aromatic carbocycles. The molecule has 2 saturated carbocycles. The van der Waals surface area contributed by atoms with Crippen LogP contribution in [0.25, 0.3) is 0 Å². The van der Waals surface area contributed by atoms with Gasteiger partial charge in [0.25, 0.3) is 5.91 Å². The van der Waals surface area contributed by atoms with E-state index in [0.717, 1.165) is 12.3 Å². The molecule has 4 atom stereocenters. The Morgan fingerprint density at radius 2 is 2.08 bits per heavy atom. The number of carbonyl (C=O) groups is 3. The van der Waals surface area contributed by atoms with E-state index in [2.05, 4.69) is 10.6 Å². The van der Waals surface area contributed by atoms with Crippen molar-refractivity contribution in [3.63, 3.8) is 0 Å². The molecule has 0 heterocycles. The maximum atomic E-state index is 12.0. The molecule has 140 valence electrons. The van der Waals surface area contributed by atoms with Crippen molar-refractivity contribution in [2.45, 2.75) is 38.6 Å². The van der Waals surface area contributed by atoms with Crippen molar-refractivity contribution >= 4 is 17.9 Å². The van der Waals surface area contributed by atoms with Crippen LogP contribution in [0, 0.1) is 17.8 Å². The van der Waals surface area contributed by atoms with Gasteiger partial charge in [0.05, 0.1) is 5.56 Å². The van der Waals surface area contributed by atoms with Gasteiger partial charge in [-0.25, -0.2) is 9.59 Å². The number of benzene rings is 1. The first kappa shape index (κ1) is 18.2. The van der Waals surface area contributed by atoms with E-state index in [-0.39, 0.29) is 17.4 Å². The summed E-state index contributed by atoms with van der Waals surface area (Å²) in [5.41, 5.74) is 0.132. The Morgan fingerprint density at radius 3 is 2.73 bits per heavy atom. The SMILES string of the molecule is C[C@H](NC(=O)NC(=O)COC(=O)c1cccc(O)c1)[C@H]1C[C@H]2CC[C@H]1C2. The van der Waals surface area contributed by atoms with Gasteiger partial charge >= 0.3 is 12.0 Å². The van der Waals surface area contributed by atoms with Crippen molar-refractivity contribution in [1.82, 2.24) is 10.6 Å². The number of ether oxygens (including phenoxy) is 1. The fourth-order valence-electron chi connectivity index (χ4n) is 4.27. The lowest BCUT2D eigenvalue weighted by Crippen LogP contribution is -2.48. The van der Waals surface area contributed by atoms with E-state index in [1.807, 2.05) is 6.92 Å². The molecule has 0 radical (unpaired) electrons. The highest BCUT2D eigenvalue weighted by Crippen LogP contribution is 2.49. The molecule has 0 saturated heterocycles. The third-order valence-corrected chi connectivity index (χ3v) is 5.46. The minimum absolute atomic E-state index is 0.00736. The number of hydrogen-bond acceptors (Lipinski definition) is 5. The zero-order chi connectivity index (χ0) is 18.7. The first-order chi connectivity index (χ1) is 12.4. The minimum atomic E-state index is -0.744. The quantitative estimate of drug-likeness (QED) is 0.698. The largest absolute Gasteiger partial charge is 0.508 e. The number of fused-ring (bicyclic) bond motifs is 2. The molecule has 3 rings (SSSR count). The minimum Gasteiger partial charge on any atom is -0.508 e. The molecule has 3 amide bonds. The first-order valence-corrected chi connectivity index (χ1v) is 8.99. The topological polar surface area (TPSA) is 105 Å². The van der Waals surface area contributed by atoms with E-state index in [4.69, 9.17) is 4.74 Å². The van der Waals surface area contributed by atoms with E-state index < -0.39 is 24.5 Å². The van der Waals surface area contributed by atoms with E-state index >= 15 is 0 Å². The average Bonchev–Trinajstić information content (AvgIpc) is 3.22. The van der Waals surface area contributed by atoms with Crippen molar-refractivity contribution in [3.05, 3.63) is 29.8 Å². The summed E-state index contributed by atoms with van der Waals surface area (Å²) in [6.45, 7) is 1.40. The Labute approximate surface area is 152 Å². The molecular weight excluding hydrogens is 336 g/mol. The summed E-state index contributed by atoms with van der Waals surface area (Å²) in [5.74, 6) is 0.420. The van der Waals surface area contributed by atoms with Crippen molar-refractivity contribution < 1.29 is 24.2 Å². The number of urea groups is 1. The fraction of sp³-hybridized carbons (Fsp3) is 0.526. The molecule has 0 spiro atoms. The molecular formula is C19H24N2O5. The Morgan fingerprint density at radius 1 is 1.27 bits per heavy atom. The second-order valence-corrected chi connectivity index (χ2v) is 7.28. The van der Waals surface area contributed by atoms with Crippen LogP contribution >= 0.6 is 0 Å². The number of amides is 3. The van der Waals surface area contributed by atoms with Crippen LogP contribution in [0.1, 0.15) is 43.0 Å². The van der Waals surface area contributed by atoms with Gasteiger partial charge in [-0.15, -0.1) is 0 Å². The molecule has 2 bridgehead atoms. The summed E-state index contributed by atoms with van der Waals surface area (Å²) in [4.78, 5) is 35.6. The summed E-state index contributed by atoms with van der Waals surface area (Å²) in [7, 11) is 0. The summed E-state index contributed by atoms with van der Waals surface area (Å²) in [6, 6.07) is 5.06. The van der Waals surface area contributed by atoms with Gasteiger partial charge in [-0.2, -0.15) is 0 Å². The van der Waals surface area contributed by atoms with Gasteiger partial charge in [0.15, 0.2) is 6.61 Å². The number of carbonyl (C=O) groups excluding carboxylic acids is 3. The second kappa shape index (κ2) is 7.76. The highest BCUT2D eigenvalue weighted by molar-refractivity contribution is 5.97. The second-order valence-electron chi connectivity index (χ2n) is 7.28. The zero-order valence-corrected chi connectivity index (χ0v) is 14.7. The van der Waals surface area contributed by atoms with E-state index in [9.17, 15) is 19.5 Å². The van der Waals surface area contributed by atoms with Crippen LogP contribution in [0.2, 0.25) is 0 Å². The Balaban J connectivity index is 1.40. The summed E-state index contributed by atoms with van der Waals surface area (Å²) < 4.78 is 4.85. The molecule has 2 fully saturated rings. The standard InChI is InChI=1S/C19H24N2O5/c1-11(16-8-12-5-6-13(16)7-12)20-19(25)21-17(23)10-26-18(24)14-3-2-4-15(22)9-14/h2-4,9,11-13,16,22H,5-8,10H2,1H3,(H2,20,21,23,25)/t11-,12-,13-,16+/m0/s1. The van der Waals surface area contributed by atoms with E-state index in [0.29, 0.717) is 11.8 Å². The Bertz CT molecular complexity index is 705. The molecule has 7 heteroatoms. The average molecular weight is 360 g/mol. The number of aromatic hydroxyl groups is 1. The van der Waals surface area contributed by atoms with Crippen LogP contribution in [0.15, 0.2) is 24.3 Å². The molecule has 3 N–H and O–H groups in total. The lowest BCUT2D eigenvalue weighted by atomic mass is 9.84. The number of phenols is 1. The highest BCUT2D eigenvalue weighted by atomic mass is 16.5. The molecule has 2 aliphatic carbocycles. The van der Waals surface area contributed by atoms with Gasteiger partial charge < -0.3 is 15.2 Å². The fourth-order valence-corrected chi connectivity index (χ4v) is 4.27. The maximum absolute atomic E-state index is 12.0. The monoisotopic (exact) mass is 360 g/mol. The molecule has 0 unspecified atom stereocenters. The Hall–Kier alpha value is -2.57. The number of hydrogen-bond donors (Lipinski definition) is 3. The number of phenolic OH excluding ortho intramolecular Hbond substituents is 1. The van der Waals surface area contributed by atoms with Crippen LogP contribution < -0.4 is 10.6 Å². The zero-order valence-electron chi connectivity index (χ0n) is 14.7. The highest BCUT2D eigenvalue weighted by Gasteiger charge is 2.42. The Kier molecular flexibility index (Phi) is 5.44. The van der Waals surface area contributed by atoms with Crippen LogP contribution in [0.5, 0.6) is 5.75 Å². The number of esters is 1. The van der Waals surface area contributed by atoms with Crippen molar-refractivity contribution in [2.75, 3.05) is 6.61 Å². The maximum Gasteiger partial charge on any atom is 0.338 e. The van der Waals surface area contributed by atoms with Gasteiger partial charge in [-0.1, -0.05) is 12.5 Å². The van der Waals surface area contributed by atoms with Gasteiger partial charge in [-0.05, 0) is 62.1 Å². The third-order valence-electron chi connectivity index (χ3n) is 5.46. The molecule has 0 aliphatic heterocycles. The lowest BCUT2D eigenvalue weighted by Gasteiger charge is -2.28. The summed E-state index contributed by atoms with van der Waals surface area (Å²) in [6.07, 6.45) is 4.92. The summed E-state index contributed by atoms with van der Waals surface area (Å²) >= 11 is 0. The number of imide groups is 1. The normalized spacial score (nSPS) is 24.7. The lowest BCUT2D eigenvalue weighted by molar-refractivity contribution is -0.123. The van der Waals surface area contributed by atoms with Crippen LogP contribution in [-0.4, -0.2) is 35.7 Å². The van der Waals surface area contributed by atoms with Crippen molar-refractivity contribution in [1.29, 1.82) is 0 Å². The van der Waals surface area contributed by atoms with Gasteiger partial charge in [0, 0.05) is 6.04 Å². The number of rotatable bonds is 5. The smallest absolute Gasteiger partial charge is 0.338 e. The first-order valence-electron chi connectivity index (χ1n) is 8.99. The molecule has 2 aliphatic rings. The van der Waals surface area contributed by atoms with Gasteiger partial charge in [0.2, 0.25) is 0 Å².